The third-order valence-electron chi connectivity index (χ3n) is 3.86. The standard InChI is InChI=1S/C17H18ClN3O2/c18-14-11-19-17(20-12-14)23-15-6-8-21(9-7-15)16(22)10-13-4-2-1-3-5-13/h1-5,11-12,15H,6-10H2. The van der Waals surface area contributed by atoms with Crippen LogP contribution in [0.15, 0.2) is 42.7 Å². The number of benzene rings is 1. The highest BCUT2D eigenvalue weighted by molar-refractivity contribution is 6.30. The van der Waals surface area contributed by atoms with Crippen molar-refractivity contribution in [2.45, 2.75) is 25.4 Å². The smallest absolute Gasteiger partial charge is 0.316 e. The lowest BCUT2D eigenvalue weighted by atomic mass is 10.1. The second kappa shape index (κ2) is 7.42. The maximum Gasteiger partial charge on any atom is 0.316 e. The van der Waals surface area contributed by atoms with E-state index in [4.69, 9.17) is 16.3 Å². The summed E-state index contributed by atoms with van der Waals surface area (Å²) in [6, 6.07) is 10.2. The number of hydrogen-bond acceptors (Lipinski definition) is 4. The summed E-state index contributed by atoms with van der Waals surface area (Å²) >= 11 is 5.75. The van der Waals surface area contributed by atoms with Crippen molar-refractivity contribution in [3.8, 4) is 6.01 Å². The molecule has 1 saturated heterocycles. The van der Waals surface area contributed by atoms with Crippen LogP contribution in [0.5, 0.6) is 6.01 Å². The van der Waals surface area contributed by atoms with Crippen molar-refractivity contribution in [3.63, 3.8) is 0 Å². The Bertz CT molecular complexity index is 641. The normalized spacial score (nSPS) is 15.4. The van der Waals surface area contributed by atoms with Gasteiger partial charge in [-0.05, 0) is 5.56 Å². The van der Waals surface area contributed by atoms with Crippen LogP contribution in [0.1, 0.15) is 18.4 Å². The van der Waals surface area contributed by atoms with Gasteiger partial charge in [0.05, 0.1) is 23.8 Å². The minimum Gasteiger partial charge on any atom is -0.460 e. The Morgan fingerprint density at radius 1 is 1.17 bits per heavy atom. The summed E-state index contributed by atoms with van der Waals surface area (Å²) in [6.45, 7) is 1.40. The van der Waals surface area contributed by atoms with Crippen molar-refractivity contribution in [1.82, 2.24) is 14.9 Å². The number of hydrogen-bond donors (Lipinski definition) is 0. The lowest BCUT2D eigenvalue weighted by molar-refractivity contribution is -0.132. The Balaban J connectivity index is 1.48. The molecule has 3 rings (SSSR count). The van der Waals surface area contributed by atoms with Gasteiger partial charge in [-0.15, -0.1) is 0 Å². The predicted molar refractivity (Wildman–Crippen MR) is 87.4 cm³/mol. The van der Waals surface area contributed by atoms with Gasteiger partial charge in [0.15, 0.2) is 0 Å². The lowest BCUT2D eigenvalue weighted by Gasteiger charge is -2.31. The van der Waals surface area contributed by atoms with E-state index in [9.17, 15) is 4.79 Å². The number of aromatic nitrogens is 2. The quantitative estimate of drug-likeness (QED) is 0.864. The Morgan fingerprint density at radius 3 is 2.48 bits per heavy atom. The number of nitrogens with zero attached hydrogens (tertiary/aromatic N) is 3. The molecule has 5 nitrogen and oxygen atoms in total. The van der Waals surface area contributed by atoms with Crippen LogP contribution in [0.2, 0.25) is 5.02 Å². The molecule has 0 N–H and O–H groups in total. The second-order valence-electron chi connectivity index (χ2n) is 5.54. The lowest BCUT2D eigenvalue weighted by Crippen LogP contribution is -2.42. The largest absolute Gasteiger partial charge is 0.460 e. The number of piperidine rings is 1. The maximum absolute atomic E-state index is 12.3. The fourth-order valence-corrected chi connectivity index (χ4v) is 2.71. The average molecular weight is 332 g/mol. The second-order valence-corrected chi connectivity index (χ2v) is 5.98. The molecule has 1 aromatic heterocycles. The maximum atomic E-state index is 12.3. The first-order chi connectivity index (χ1) is 11.2. The first-order valence-corrected chi connectivity index (χ1v) is 8.04. The van der Waals surface area contributed by atoms with Gasteiger partial charge in [-0.2, -0.15) is 0 Å². The molecule has 1 aromatic carbocycles. The highest BCUT2D eigenvalue weighted by atomic mass is 35.5. The van der Waals surface area contributed by atoms with Gasteiger partial charge in [0.1, 0.15) is 6.10 Å². The van der Waals surface area contributed by atoms with Crippen molar-refractivity contribution in [3.05, 3.63) is 53.3 Å². The molecule has 1 aliphatic heterocycles. The molecule has 0 aliphatic carbocycles. The number of carbonyl (C=O) groups excluding carboxylic acids is 1. The van der Waals surface area contributed by atoms with E-state index in [-0.39, 0.29) is 12.0 Å². The summed E-state index contributed by atoms with van der Waals surface area (Å²) in [7, 11) is 0. The summed E-state index contributed by atoms with van der Waals surface area (Å²) in [5, 5.41) is 0.485. The van der Waals surface area contributed by atoms with Crippen LogP contribution in [0, 0.1) is 0 Å². The summed E-state index contributed by atoms with van der Waals surface area (Å²) in [5.74, 6) is 0.164. The monoisotopic (exact) mass is 331 g/mol. The fourth-order valence-electron chi connectivity index (χ4n) is 2.62. The van der Waals surface area contributed by atoms with E-state index in [1.165, 1.54) is 12.4 Å². The van der Waals surface area contributed by atoms with Crippen LogP contribution < -0.4 is 4.74 Å². The molecule has 6 heteroatoms. The highest BCUT2D eigenvalue weighted by Gasteiger charge is 2.24. The Hall–Kier alpha value is -2.14. The molecular formula is C17H18ClN3O2. The van der Waals surface area contributed by atoms with E-state index >= 15 is 0 Å². The van der Waals surface area contributed by atoms with E-state index < -0.39 is 0 Å². The van der Waals surface area contributed by atoms with Gasteiger partial charge >= 0.3 is 6.01 Å². The highest BCUT2D eigenvalue weighted by Crippen LogP contribution is 2.17. The number of amides is 1. The molecule has 0 atom stereocenters. The number of carbonyl (C=O) groups is 1. The zero-order chi connectivity index (χ0) is 16.1. The van der Waals surface area contributed by atoms with Gasteiger partial charge in [-0.1, -0.05) is 41.9 Å². The van der Waals surface area contributed by atoms with Gasteiger partial charge in [-0.25, -0.2) is 9.97 Å². The molecule has 1 amide bonds. The molecule has 1 fully saturated rings. The number of halogens is 1. The van der Waals surface area contributed by atoms with E-state index in [0.29, 0.717) is 30.5 Å². The molecule has 0 radical (unpaired) electrons. The number of rotatable bonds is 4. The molecule has 2 heterocycles. The van der Waals surface area contributed by atoms with Crippen LogP contribution in [-0.2, 0) is 11.2 Å². The van der Waals surface area contributed by atoms with Gasteiger partial charge in [0, 0.05) is 25.9 Å². The van der Waals surface area contributed by atoms with Gasteiger partial charge in [-0.3, -0.25) is 4.79 Å². The van der Waals surface area contributed by atoms with Crippen LogP contribution in [0.25, 0.3) is 0 Å². The topological polar surface area (TPSA) is 55.3 Å². The molecule has 1 aliphatic rings. The molecule has 2 aromatic rings. The summed E-state index contributed by atoms with van der Waals surface area (Å²) < 4.78 is 5.74. The third-order valence-corrected chi connectivity index (χ3v) is 4.06. The Morgan fingerprint density at radius 2 is 1.83 bits per heavy atom. The van der Waals surface area contributed by atoms with Gasteiger partial charge < -0.3 is 9.64 Å². The zero-order valence-corrected chi connectivity index (χ0v) is 13.4. The number of likely N-dealkylation sites (tertiary alicyclic amines) is 1. The summed E-state index contributed by atoms with van der Waals surface area (Å²) in [6.07, 6.45) is 5.09. The van der Waals surface area contributed by atoms with E-state index in [1.54, 1.807) is 0 Å². The van der Waals surface area contributed by atoms with Crippen molar-refractivity contribution < 1.29 is 9.53 Å². The van der Waals surface area contributed by atoms with Crippen LogP contribution in [0.3, 0.4) is 0 Å². The summed E-state index contributed by atoms with van der Waals surface area (Å²) in [4.78, 5) is 22.3. The first-order valence-electron chi connectivity index (χ1n) is 7.66. The zero-order valence-electron chi connectivity index (χ0n) is 12.7. The molecule has 120 valence electrons. The van der Waals surface area contributed by atoms with Crippen LogP contribution in [0.4, 0.5) is 0 Å². The SMILES string of the molecule is O=C(Cc1ccccc1)N1CCC(Oc2ncc(Cl)cn2)CC1. The predicted octanol–water partition coefficient (Wildman–Crippen LogP) is 2.74. The fraction of sp³-hybridized carbons (Fsp3) is 0.353. The van der Waals surface area contributed by atoms with Gasteiger partial charge in [0.25, 0.3) is 0 Å². The molecule has 0 unspecified atom stereocenters. The van der Waals surface area contributed by atoms with Crippen molar-refractivity contribution in [2.24, 2.45) is 0 Å². The van der Waals surface area contributed by atoms with E-state index in [1.807, 2.05) is 35.2 Å². The van der Waals surface area contributed by atoms with Gasteiger partial charge in [0.2, 0.25) is 5.91 Å². The molecule has 0 spiro atoms. The molecule has 23 heavy (non-hydrogen) atoms. The molecule has 0 bridgehead atoms. The average Bonchev–Trinajstić information content (AvgIpc) is 2.58. The van der Waals surface area contributed by atoms with E-state index in [2.05, 4.69) is 9.97 Å². The number of ether oxygens (including phenoxy) is 1. The molecular weight excluding hydrogens is 314 g/mol. The Kier molecular flexibility index (Phi) is 5.08. The van der Waals surface area contributed by atoms with Crippen LogP contribution in [-0.4, -0.2) is 40.0 Å². The Labute approximate surface area is 140 Å². The summed E-state index contributed by atoms with van der Waals surface area (Å²) in [5.41, 5.74) is 1.05. The molecule has 0 saturated carbocycles. The van der Waals surface area contributed by atoms with Crippen molar-refractivity contribution in [1.29, 1.82) is 0 Å². The third kappa shape index (κ3) is 4.42. The van der Waals surface area contributed by atoms with Crippen molar-refractivity contribution in [2.75, 3.05) is 13.1 Å². The first kappa shape index (κ1) is 15.7. The van der Waals surface area contributed by atoms with E-state index in [0.717, 1.165) is 18.4 Å². The minimum atomic E-state index is 0.0388. The van der Waals surface area contributed by atoms with Crippen molar-refractivity contribution >= 4 is 17.5 Å². The minimum absolute atomic E-state index is 0.0388. The van der Waals surface area contributed by atoms with Crippen LogP contribution >= 0.6 is 11.6 Å².